The first-order valence-corrected chi connectivity index (χ1v) is 5.31. The van der Waals surface area contributed by atoms with Gasteiger partial charge < -0.3 is 4.98 Å². The first-order valence-electron chi connectivity index (χ1n) is 4.93. The maximum Gasteiger partial charge on any atom is 0.326 e. The third-order valence-corrected chi connectivity index (χ3v) is 2.73. The zero-order valence-electron chi connectivity index (χ0n) is 8.95. The second kappa shape index (κ2) is 3.79. The lowest BCUT2D eigenvalue weighted by molar-refractivity contribution is 0.112. The fraction of sp³-hybridized carbons (Fsp3) is 0.273. The first kappa shape index (κ1) is 11.0. The topological polar surface area (TPSA) is 54.9 Å². The van der Waals surface area contributed by atoms with Crippen LogP contribution in [0, 0.1) is 0 Å². The van der Waals surface area contributed by atoms with Gasteiger partial charge in [-0.1, -0.05) is 11.6 Å². The van der Waals surface area contributed by atoms with Crippen LogP contribution >= 0.6 is 11.6 Å². The molecule has 2 aromatic rings. The number of carbonyl (C=O) groups is 1. The van der Waals surface area contributed by atoms with E-state index < -0.39 is 0 Å². The summed E-state index contributed by atoms with van der Waals surface area (Å²) in [7, 11) is 0. The van der Waals surface area contributed by atoms with Gasteiger partial charge in [-0.15, -0.1) is 0 Å². The van der Waals surface area contributed by atoms with E-state index in [0.717, 1.165) is 0 Å². The van der Waals surface area contributed by atoms with Crippen LogP contribution in [0.15, 0.2) is 16.9 Å². The lowest BCUT2D eigenvalue weighted by atomic mass is 10.2. The third-order valence-electron chi connectivity index (χ3n) is 2.44. The van der Waals surface area contributed by atoms with Crippen molar-refractivity contribution in [2.75, 3.05) is 0 Å². The Hall–Kier alpha value is -1.55. The van der Waals surface area contributed by atoms with Crippen molar-refractivity contribution in [1.29, 1.82) is 0 Å². The van der Waals surface area contributed by atoms with Gasteiger partial charge in [0.05, 0.1) is 16.1 Å². The quantitative estimate of drug-likeness (QED) is 0.817. The van der Waals surface area contributed by atoms with Crippen molar-refractivity contribution in [3.8, 4) is 0 Å². The number of fused-ring (bicyclic) bond motifs is 1. The second-order valence-electron chi connectivity index (χ2n) is 3.91. The number of aromatic amines is 1. The SMILES string of the molecule is CC(C)n1c(=O)[nH]c2cc(C=O)cc(Cl)c21. The van der Waals surface area contributed by atoms with Crippen LogP contribution in [0.5, 0.6) is 0 Å². The molecule has 4 nitrogen and oxygen atoms in total. The zero-order chi connectivity index (χ0) is 11.9. The molecule has 0 aliphatic rings. The molecule has 1 N–H and O–H groups in total. The number of nitrogens with zero attached hydrogens (tertiary/aromatic N) is 1. The zero-order valence-corrected chi connectivity index (χ0v) is 9.71. The maximum absolute atomic E-state index is 11.7. The average molecular weight is 239 g/mol. The van der Waals surface area contributed by atoms with Crippen LogP contribution in [0.1, 0.15) is 30.2 Å². The number of halogens is 1. The number of benzene rings is 1. The standard InChI is InChI=1S/C11H11ClN2O2/c1-6(2)14-10-8(12)3-7(5-15)4-9(10)13-11(14)16/h3-6H,1-2H3,(H,13,16). The van der Waals surface area contributed by atoms with E-state index in [1.165, 1.54) is 0 Å². The molecule has 0 radical (unpaired) electrons. The molecule has 1 aromatic heterocycles. The molecule has 0 fully saturated rings. The molecule has 0 bridgehead atoms. The fourth-order valence-electron chi connectivity index (χ4n) is 1.80. The Labute approximate surface area is 96.8 Å². The van der Waals surface area contributed by atoms with E-state index in [-0.39, 0.29) is 11.7 Å². The van der Waals surface area contributed by atoms with Gasteiger partial charge in [-0.05, 0) is 26.0 Å². The number of imidazole rings is 1. The molecule has 16 heavy (non-hydrogen) atoms. The highest BCUT2D eigenvalue weighted by molar-refractivity contribution is 6.35. The Morgan fingerprint density at radius 2 is 2.12 bits per heavy atom. The van der Waals surface area contributed by atoms with Crippen LogP contribution in [-0.2, 0) is 0 Å². The Balaban J connectivity index is 2.90. The van der Waals surface area contributed by atoms with Crippen LogP contribution in [0.2, 0.25) is 5.02 Å². The molecule has 0 unspecified atom stereocenters. The van der Waals surface area contributed by atoms with E-state index >= 15 is 0 Å². The van der Waals surface area contributed by atoms with Gasteiger partial charge >= 0.3 is 5.69 Å². The molecular weight excluding hydrogens is 228 g/mol. The van der Waals surface area contributed by atoms with Crippen molar-refractivity contribution in [2.24, 2.45) is 0 Å². The molecule has 0 amide bonds. The summed E-state index contributed by atoms with van der Waals surface area (Å²) in [5, 5.41) is 0.409. The van der Waals surface area contributed by atoms with E-state index in [4.69, 9.17) is 11.6 Å². The Bertz CT molecular complexity index is 610. The van der Waals surface area contributed by atoms with E-state index in [2.05, 4.69) is 4.98 Å². The molecule has 2 rings (SSSR count). The van der Waals surface area contributed by atoms with Gasteiger partial charge in [-0.25, -0.2) is 4.79 Å². The van der Waals surface area contributed by atoms with Crippen molar-refractivity contribution < 1.29 is 4.79 Å². The minimum Gasteiger partial charge on any atom is -0.305 e. The maximum atomic E-state index is 11.7. The normalized spacial score (nSPS) is 11.2. The highest BCUT2D eigenvalue weighted by Crippen LogP contribution is 2.24. The Morgan fingerprint density at radius 3 is 2.69 bits per heavy atom. The number of H-pyrrole nitrogens is 1. The number of aromatic nitrogens is 2. The van der Waals surface area contributed by atoms with E-state index in [1.807, 2.05) is 13.8 Å². The summed E-state index contributed by atoms with van der Waals surface area (Å²) in [6, 6.07) is 3.19. The number of carbonyl (C=O) groups excluding carboxylic acids is 1. The number of hydrogen-bond donors (Lipinski definition) is 1. The fourth-order valence-corrected chi connectivity index (χ4v) is 2.12. The molecule has 1 heterocycles. The van der Waals surface area contributed by atoms with Crippen molar-refractivity contribution >= 4 is 28.9 Å². The lowest BCUT2D eigenvalue weighted by Gasteiger charge is -2.07. The van der Waals surface area contributed by atoms with Crippen LogP contribution in [0.4, 0.5) is 0 Å². The smallest absolute Gasteiger partial charge is 0.305 e. The third kappa shape index (κ3) is 1.55. The van der Waals surface area contributed by atoms with Gasteiger partial charge in [0.2, 0.25) is 0 Å². The summed E-state index contributed by atoms with van der Waals surface area (Å²) >= 11 is 6.06. The molecule has 5 heteroatoms. The first-order chi connectivity index (χ1) is 7.54. The molecule has 0 saturated heterocycles. The molecule has 0 saturated carbocycles. The van der Waals surface area contributed by atoms with Crippen molar-refractivity contribution in [3.05, 3.63) is 33.2 Å². The number of nitrogens with one attached hydrogen (secondary N) is 1. The van der Waals surface area contributed by atoms with Gasteiger partial charge in [-0.2, -0.15) is 0 Å². The highest BCUT2D eigenvalue weighted by Gasteiger charge is 2.13. The van der Waals surface area contributed by atoms with Gasteiger partial charge in [0.15, 0.2) is 0 Å². The number of hydrogen-bond acceptors (Lipinski definition) is 2. The predicted octanol–water partition coefficient (Wildman–Crippen LogP) is 2.38. The minimum absolute atomic E-state index is 0.0147. The summed E-state index contributed by atoms with van der Waals surface area (Å²) < 4.78 is 1.58. The van der Waals surface area contributed by atoms with Gasteiger partial charge in [0.1, 0.15) is 6.29 Å². The van der Waals surface area contributed by atoms with E-state index in [1.54, 1.807) is 16.7 Å². The lowest BCUT2D eigenvalue weighted by Crippen LogP contribution is -2.18. The monoisotopic (exact) mass is 238 g/mol. The molecule has 0 spiro atoms. The number of rotatable bonds is 2. The molecule has 0 atom stereocenters. The summed E-state index contributed by atoms with van der Waals surface area (Å²) in [6.45, 7) is 3.80. The van der Waals surface area contributed by atoms with Crippen LogP contribution in [0.25, 0.3) is 11.0 Å². The minimum atomic E-state index is -0.213. The molecular formula is C11H11ClN2O2. The van der Waals surface area contributed by atoms with E-state index in [0.29, 0.717) is 27.9 Å². The summed E-state index contributed by atoms with van der Waals surface area (Å²) in [5.41, 5.74) is 1.48. The van der Waals surface area contributed by atoms with Crippen LogP contribution in [-0.4, -0.2) is 15.8 Å². The molecule has 0 aliphatic carbocycles. The van der Waals surface area contributed by atoms with Crippen molar-refractivity contribution in [1.82, 2.24) is 9.55 Å². The second-order valence-corrected chi connectivity index (χ2v) is 4.32. The van der Waals surface area contributed by atoms with Crippen molar-refractivity contribution in [3.63, 3.8) is 0 Å². The van der Waals surface area contributed by atoms with Gasteiger partial charge in [-0.3, -0.25) is 9.36 Å². The average Bonchev–Trinajstić information content (AvgIpc) is 2.54. The summed E-state index contributed by atoms with van der Waals surface area (Å²) in [4.78, 5) is 25.1. The Morgan fingerprint density at radius 1 is 1.44 bits per heavy atom. The summed E-state index contributed by atoms with van der Waals surface area (Å²) in [5.74, 6) is 0. The molecule has 0 aliphatic heterocycles. The van der Waals surface area contributed by atoms with Gasteiger partial charge in [0, 0.05) is 11.6 Å². The predicted molar refractivity (Wildman–Crippen MR) is 63.3 cm³/mol. The largest absolute Gasteiger partial charge is 0.326 e. The molecule has 84 valence electrons. The van der Waals surface area contributed by atoms with Crippen LogP contribution < -0.4 is 5.69 Å². The molecule has 1 aromatic carbocycles. The van der Waals surface area contributed by atoms with Crippen LogP contribution in [0.3, 0.4) is 0 Å². The number of aldehydes is 1. The highest BCUT2D eigenvalue weighted by atomic mass is 35.5. The Kier molecular flexibility index (Phi) is 2.59. The van der Waals surface area contributed by atoms with Gasteiger partial charge in [0.25, 0.3) is 0 Å². The summed E-state index contributed by atoms with van der Waals surface area (Å²) in [6.07, 6.45) is 0.705. The van der Waals surface area contributed by atoms with E-state index in [9.17, 15) is 9.59 Å². The van der Waals surface area contributed by atoms with Crippen molar-refractivity contribution in [2.45, 2.75) is 19.9 Å².